The number of methoxy groups -OCH3 is 1. The number of hydrogen-bond donors (Lipinski definition) is 2. The van der Waals surface area contributed by atoms with Gasteiger partial charge in [0.05, 0.1) is 18.1 Å². The van der Waals surface area contributed by atoms with Gasteiger partial charge in [0.1, 0.15) is 18.8 Å². The lowest BCUT2D eigenvalue weighted by Gasteiger charge is -2.02. The molecule has 20 heavy (non-hydrogen) atoms. The molecule has 0 saturated heterocycles. The van der Waals surface area contributed by atoms with Gasteiger partial charge in [-0.1, -0.05) is 0 Å². The number of imidazole rings is 1. The summed E-state index contributed by atoms with van der Waals surface area (Å²) in [5.74, 6) is -1.93. The molecule has 2 N–H and O–H groups in total. The zero-order valence-electron chi connectivity index (χ0n) is 10.6. The van der Waals surface area contributed by atoms with Gasteiger partial charge in [-0.3, -0.25) is 18.7 Å². The lowest BCUT2D eigenvalue weighted by atomic mass is 10.3. The molecule has 0 aliphatic carbocycles. The molecule has 0 saturated carbocycles. The minimum Gasteiger partial charge on any atom is -0.497 e. The summed E-state index contributed by atoms with van der Waals surface area (Å²) in [5, 5.41) is 17.7. The van der Waals surface area contributed by atoms with Gasteiger partial charge in [-0.2, -0.15) is 0 Å². The first kappa shape index (κ1) is 13.7. The quantitative estimate of drug-likeness (QED) is 0.796. The third-order valence-electron chi connectivity index (χ3n) is 2.81. The molecular formula is C12H12N2O6. The molecular weight excluding hydrogens is 268 g/mol. The summed E-state index contributed by atoms with van der Waals surface area (Å²) in [5.41, 5.74) is -0.0181. The number of nitrogens with zero attached hydrogens (tertiary/aromatic N) is 2. The minimum absolute atomic E-state index is 0.318. The first-order chi connectivity index (χ1) is 9.43. The van der Waals surface area contributed by atoms with Crippen LogP contribution in [0.2, 0.25) is 0 Å². The number of aliphatic carboxylic acids is 2. The monoisotopic (exact) mass is 280 g/mol. The molecule has 1 heterocycles. The molecule has 8 heteroatoms. The number of fused-ring (bicyclic) bond motifs is 1. The molecule has 106 valence electrons. The molecule has 0 aliphatic rings. The molecule has 1 aromatic heterocycles. The smallest absolute Gasteiger partial charge is 0.330 e. The third-order valence-corrected chi connectivity index (χ3v) is 2.81. The Morgan fingerprint density at radius 1 is 1.10 bits per heavy atom. The number of ether oxygens (including phenoxy) is 1. The number of rotatable bonds is 5. The van der Waals surface area contributed by atoms with Crippen LogP contribution in [0.3, 0.4) is 0 Å². The number of carboxylic acids is 2. The zero-order valence-corrected chi connectivity index (χ0v) is 10.6. The first-order valence-corrected chi connectivity index (χ1v) is 5.64. The molecule has 0 spiro atoms. The van der Waals surface area contributed by atoms with Gasteiger partial charge in [0.15, 0.2) is 0 Å². The van der Waals surface area contributed by atoms with Crippen LogP contribution in [0.5, 0.6) is 5.75 Å². The number of benzene rings is 1. The highest BCUT2D eigenvalue weighted by Gasteiger charge is 2.17. The molecule has 2 rings (SSSR count). The maximum Gasteiger partial charge on any atom is 0.330 e. The van der Waals surface area contributed by atoms with Gasteiger partial charge >= 0.3 is 17.6 Å². The molecule has 0 unspecified atom stereocenters. The summed E-state index contributed by atoms with van der Waals surface area (Å²) in [4.78, 5) is 33.8. The van der Waals surface area contributed by atoms with E-state index >= 15 is 0 Å². The van der Waals surface area contributed by atoms with E-state index in [9.17, 15) is 14.4 Å². The van der Waals surface area contributed by atoms with Crippen LogP contribution in [-0.4, -0.2) is 38.4 Å². The Hall–Kier alpha value is -2.77. The van der Waals surface area contributed by atoms with Crippen LogP contribution in [0, 0.1) is 0 Å². The molecule has 8 nitrogen and oxygen atoms in total. The van der Waals surface area contributed by atoms with Gasteiger partial charge in [-0.25, -0.2) is 4.79 Å². The second kappa shape index (κ2) is 5.08. The second-order valence-electron chi connectivity index (χ2n) is 4.10. The topological polar surface area (TPSA) is 111 Å². The fraction of sp³-hybridized carbons (Fsp3) is 0.250. The molecule has 0 radical (unpaired) electrons. The lowest BCUT2D eigenvalue weighted by molar-refractivity contribution is -0.138. The van der Waals surface area contributed by atoms with Gasteiger partial charge in [0, 0.05) is 6.07 Å². The van der Waals surface area contributed by atoms with Crippen LogP contribution >= 0.6 is 0 Å². The molecule has 0 bridgehead atoms. The number of carbonyl (C=O) groups is 2. The highest BCUT2D eigenvalue weighted by atomic mass is 16.5. The maximum atomic E-state index is 12.1. The predicted octanol–water partition coefficient (Wildman–Crippen LogP) is -0.0192. The maximum absolute atomic E-state index is 12.1. The summed E-state index contributed by atoms with van der Waals surface area (Å²) in [6.07, 6.45) is 0. The molecule has 0 amide bonds. The van der Waals surface area contributed by atoms with E-state index in [1.54, 1.807) is 6.07 Å². The van der Waals surface area contributed by atoms with Crippen molar-refractivity contribution in [2.24, 2.45) is 0 Å². The zero-order chi connectivity index (χ0) is 14.9. The normalized spacial score (nSPS) is 10.7. The standard InChI is InChI=1S/C12H12N2O6/c1-20-7-2-3-8-9(4-7)14(6-11(17)18)12(19)13(8)5-10(15)16/h2-4H,5-6H2,1H3,(H,15,16)(H,17,18). The van der Waals surface area contributed by atoms with Crippen LogP contribution in [-0.2, 0) is 22.7 Å². The SMILES string of the molecule is COc1ccc2c(c1)n(CC(=O)O)c(=O)n2CC(=O)O. The predicted molar refractivity (Wildman–Crippen MR) is 68.0 cm³/mol. The number of aromatic nitrogens is 2. The Labute approximate surface area is 112 Å². The Balaban J connectivity index is 2.74. The molecule has 2 aromatic rings. The highest BCUT2D eigenvalue weighted by molar-refractivity contribution is 5.81. The van der Waals surface area contributed by atoms with Crippen molar-refractivity contribution in [3.05, 3.63) is 28.7 Å². The molecule has 0 atom stereocenters. The van der Waals surface area contributed by atoms with Crippen molar-refractivity contribution in [2.75, 3.05) is 7.11 Å². The summed E-state index contributed by atoms with van der Waals surface area (Å²) >= 11 is 0. The van der Waals surface area contributed by atoms with Crippen LogP contribution < -0.4 is 10.4 Å². The van der Waals surface area contributed by atoms with Crippen LogP contribution in [0.4, 0.5) is 0 Å². The highest BCUT2D eigenvalue weighted by Crippen LogP contribution is 2.20. The van der Waals surface area contributed by atoms with Crippen LogP contribution in [0.1, 0.15) is 0 Å². The second-order valence-corrected chi connectivity index (χ2v) is 4.10. The summed E-state index contributed by atoms with van der Waals surface area (Å²) < 4.78 is 7.04. The van der Waals surface area contributed by atoms with Crippen molar-refractivity contribution < 1.29 is 24.5 Å². The summed E-state index contributed by atoms with van der Waals surface area (Å²) in [6, 6.07) is 4.60. The average Bonchev–Trinajstić information content (AvgIpc) is 2.63. The lowest BCUT2D eigenvalue weighted by Crippen LogP contribution is -2.28. The summed E-state index contributed by atoms with van der Waals surface area (Å²) in [7, 11) is 1.44. The Morgan fingerprint density at radius 2 is 1.65 bits per heavy atom. The summed E-state index contributed by atoms with van der Waals surface area (Å²) in [6.45, 7) is -1.08. The van der Waals surface area contributed by atoms with Gasteiger partial charge in [0.25, 0.3) is 0 Å². The van der Waals surface area contributed by atoms with Crippen molar-refractivity contribution in [1.29, 1.82) is 0 Å². The van der Waals surface area contributed by atoms with Crippen molar-refractivity contribution >= 4 is 23.0 Å². The van der Waals surface area contributed by atoms with Gasteiger partial charge in [-0.15, -0.1) is 0 Å². The van der Waals surface area contributed by atoms with Crippen molar-refractivity contribution in [3.63, 3.8) is 0 Å². The average molecular weight is 280 g/mol. The Morgan fingerprint density at radius 3 is 2.15 bits per heavy atom. The third kappa shape index (κ3) is 2.35. The van der Waals surface area contributed by atoms with Crippen molar-refractivity contribution in [2.45, 2.75) is 13.1 Å². The van der Waals surface area contributed by atoms with Crippen LogP contribution in [0.15, 0.2) is 23.0 Å². The fourth-order valence-corrected chi connectivity index (χ4v) is 2.00. The van der Waals surface area contributed by atoms with E-state index in [1.807, 2.05) is 0 Å². The van der Waals surface area contributed by atoms with Crippen molar-refractivity contribution in [3.8, 4) is 5.75 Å². The van der Waals surface area contributed by atoms with E-state index in [0.29, 0.717) is 16.8 Å². The largest absolute Gasteiger partial charge is 0.497 e. The van der Waals surface area contributed by atoms with Gasteiger partial charge < -0.3 is 14.9 Å². The molecule has 0 aliphatic heterocycles. The van der Waals surface area contributed by atoms with E-state index in [2.05, 4.69) is 0 Å². The van der Waals surface area contributed by atoms with Crippen molar-refractivity contribution in [1.82, 2.24) is 9.13 Å². The fourth-order valence-electron chi connectivity index (χ4n) is 2.00. The van der Waals surface area contributed by atoms with Gasteiger partial charge in [-0.05, 0) is 12.1 Å². The first-order valence-electron chi connectivity index (χ1n) is 5.64. The molecule has 0 fully saturated rings. The minimum atomic E-state index is -1.19. The molecule has 1 aromatic carbocycles. The number of carboxylic acid groups (broad SMARTS) is 2. The van der Waals surface area contributed by atoms with E-state index in [4.69, 9.17) is 14.9 Å². The van der Waals surface area contributed by atoms with Gasteiger partial charge in [0.2, 0.25) is 0 Å². The number of hydrogen-bond acceptors (Lipinski definition) is 4. The van der Waals surface area contributed by atoms with E-state index in [0.717, 1.165) is 9.13 Å². The van der Waals surface area contributed by atoms with E-state index in [1.165, 1.54) is 19.2 Å². The Kier molecular flexibility index (Phi) is 3.47. The van der Waals surface area contributed by atoms with Crippen LogP contribution in [0.25, 0.3) is 11.0 Å². The van der Waals surface area contributed by atoms with E-state index < -0.39 is 30.7 Å². The van der Waals surface area contributed by atoms with E-state index in [-0.39, 0.29) is 0 Å². The Bertz CT molecular complexity index is 742.